The summed E-state index contributed by atoms with van der Waals surface area (Å²) < 4.78 is 5.47. The van der Waals surface area contributed by atoms with Crippen molar-refractivity contribution in [2.24, 2.45) is 0 Å². The highest BCUT2D eigenvalue weighted by Crippen LogP contribution is 2.21. The number of benzene rings is 1. The Kier molecular flexibility index (Phi) is 6.00. The van der Waals surface area contributed by atoms with Crippen molar-refractivity contribution in [2.45, 2.75) is 39.5 Å². The molecule has 21 heavy (non-hydrogen) atoms. The smallest absolute Gasteiger partial charge is 0.180 e. The second-order valence-electron chi connectivity index (χ2n) is 5.55. The second kappa shape index (κ2) is 7.99. The normalized spacial score (nSPS) is 11.4. The Labute approximate surface area is 126 Å². The van der Waals surface area contributed by atoms with Crippen molar-refractivity contribution >= 4 is 16.8 Å². The molecule has 0 aliphatic heterocycles. The van der Waals surface area contributed by atoms with Crippen LogP contribution in [-0.4, -0.2) is 30.3 Å². The minimum Gasteiger partial charge on any atom is -0.464 e. The molecule has 0 bridgehead atoms. The molecule has 1 aromatic heterocycles. The summed E-state index contributed by atoms with van der Waals surface area (Å²) in [7, 11) is 0. The van der Waals surface area contributed by atoms with E-state index in [4.69, 9.17) is 4.42 Å². The number of para-hydroxylation sites is 1. The average molecular weight is 287 g/mol. The van der Waals surface area contributed by atoms with Crippen LogP contribution in [0.1, 0.15) is 49.9 Å². The molecule has 0 spiro atoms. The molecule has 1 heterocycles. The highest BCUT2D eigenvalue weighted by Gasteiger charge is 2.16. The second-order valence-corrected chi connectivity index (χ2v) is 5.55. The van der Waals surface area contributed by atoms with E-state index in [9.17, 15) is 4.79 Å². The number of rotatable bonds is 9. The average Bonchev–Trinajstić information content (AvgIpc) is 2.94. The van der Waals surface area contributed by atoms with Gasteiger partial charge in [-0.05, 0) is 32.0 Å². The number of carbonyl (C=O) groups excluding carboxylic acids is 1. The third-order valence-corrected chi connectivity index (χ3v) is 3.80. The van der Waals surface area contributed by atoms with Gasteiger partial charge >= 0.3 is 0 Å². The van der Waals surface area contributed by atoms with E-state index in [1.807, 2.05) is 24.3 Å². The van der Waals surface area contributed by atoms with E-state index in [2.05, 4.69) is 18.7 Å². The van der Waals surface area contributed by atoms with Gasteiger partial charge in [-0.1, -0.05) is 44.9 Å². The van der Waals surface area contributed by atoms with E-state index in [-0.39, 0.29) is 5.78 Å². The van der Waals surface area contributed by atoms with Crippen LogP contribution >= 0.6 is 0 Å². The minimum absolute atomic E-state index is 0.159. The molecule has 0 amide bonds. The molecule has 0 aliphatic carbocycles. The zero-order valence-corrected chi connectivity index (χ0v) is 13.1. The summed E-state index contributed by atoms with van der Waals surface area (Å²) in [6.45, 7) is 6.85. The first-order valence-electron chi connectivity index (χ1n) is 7.98. The van der Waals surface area contributed by atoms with E-state index in [1.165, 1.54) is 0 Å². The highest BCUT2D eigenvalue weighted by atomic mass is 16.3. The molecule has 0 unspecified atom stereocenters. The molecule has 3 heteroatoms. The van der Waals surface area contributed by atoms with Gasteiger partial charge in [0.25, 0.3) is 0 Å². The number of nitrogens with zero attached hydrogens (tertiary/aromatic N) is 1. The molecule has 2 rings (SSSR count). The number of carbonyl (C=O) groups is 1. The van der Waals surface area contributed by atoms with Crippen LogP contribution in [0.4, 0.5) is 0 Å². The number of ketones is 1. The predicted octanol–water partition coefficient (Wildman–Crippen LogP) is 4.52. The number of unbranched alkanes of at least 4 members (excludes halogenated alkanes) is 2. The highest BCUT2D eigenvalue weighted by molar-refractivity contribution is 6.08. The Balaban J connectivity index is 2.06. The fourth-order valence-corrected chi connectivity index (χ4v) is 2.52. The van der Waals surface area contributed by atoms with Crippen molar-refractivity contribution < 1.29 is 9.21 Å². The molecule has 0 radical (unpaired) electrons. The predicted molar refractivity (Wildman–Crippen MR) is 86.8 cm³/mol. The maximum absolute atomic E-state index is 12.6. The first-order chi connectivity index (χ1) is 10.3. The topological polar surface area (TPSA) is 33.5 Å². The molecular formula is C18H25NO2. The SMILES string of the molecule is CCCCN(CCCC)CC(=O)c1coc2ccccc12. The fraction of sp³-hybridized carbons (Fsp3) is 0.500. The van der Waals surface area contributed by atoms with Crippen LogP contribution in [0.3, 0.4) is 0 Å². The van der Waals surface area contributed by atoms with Crippen molar-refractivity contribution in [1.29, 1.82) is 0 Å². The van der Waals surface area contributed by atoms with Crippen LogP contribution < -0.4 is 0 Å². The number of hydrogen-bond acceptors (Lipinski definition) is 3. The molecule has 3 nitrogen and oxygen atoms in total. The Morgan fingerprint density at radius 2 is 1.76 bits per heavy atom. The number of Topliss-reactive ketones (excluding diaryl/α,β-unsaturated/α-hetero) is 1. The Morgan fingerprint density at radius 1 is 1.10 bits per heavy atom. The summed E-state index contributed by atoms with van der Waals surface area (Å²) in [5, 5.41) is 0.924. The summed E-state index contributed by atoms with van der Waals surface area (Å²) in [6.07, 6.45) is 6.20. The number of furan rings is 1. The molecule has 0 saturated heterocycles. The van der Waals surface area contributed by atoms with Crippen LogP contribution in [0, 0.1) is 0 Å². The molecule has 2 aromatic rings. The molecule has 1 aromatic carbocycles. The molecule has 0 atom stereocenters. The van der Waals surface area contributed by atoms with E-state index >= 15 is 0 Å². The molecule has 0 saturated carbocycles. The summed E-state index contributed by atoms with van der Waals surface area (Å²) in [5.41, 5.74) is 1.50. The summed E-state index contributed by atoms with van der Waals surface area (Å²) in [6, 6.07) is 7.72. The maximum Gasteiger partial charge on any atom is 0.180 e. The van der Waals surface area contributed by atoms with Gasteiger partial charge in [-0.25, -0.2) is 0 Å². The fourth-order valence-electron chi connectivity index (χ4n) is 2.52. The van der Waals surface area contributed by atoms with Crippen LogP contribution in [0.2, 0.25) is 0 Å². The molecule has 0 fully saturated rings. The van der Waals surface area contributed by atoms with Gasteiger partial charge in [0.15, 0.2) is 5.78 Å². The van der Waals surface area contributed by atoms with Gasteiger partial charge in [0.05, 0.1) is 12.1 Å². The van der Waals surface area contributed by atoms with Crippen LogP contribution in [-0.2, 0) is 0 Å². The van der Waals surface area contributed by atoms with Crippen molar-refractivity contribution in [3.8, 4) is 0 Å². The largest absolute Gasteiger partial charge is 0.464 e. The number of hydrogen-bond donors (Lipinski definition) is 0. The van der Waals surface area contributed by atoms with Gasteiger partial charge < -0.3 is 4.42 Å². The van der Waals surface area contributed by atoms with Crippen LogP contribution in [0.25, 0.3) is 11.0 Å². The van der Waals surface area contributed by atoms with Gasteiger partial charge in [-0.3, -0.25) is 9.69 Å². The minimum atomic E-state index is 0.159. The monoisotopic (exact) mass is 287 g/mol. The van der Waals surface area contributed by atoms with Crippen molar-refractivity contribution in [1.82, 2.24) is 4.90 Å². The lowest BCUT2D eigenvalue weighted by atomic mass is 10.1. The van der Waals surface area contributed by atoms with Gasteiger partial charge in [-0.15, -0.1) is 0 Å². The lowest BCUT2D eigenvalue weighted by Gasteiger charge is -2.20. The van der Waals surface area contributed by atoms with Crippen molar-refractivity contribution in [3.63, 3.8) is 0 Å². The van der Waals surface area contributed by atoms with Crippen molar-refractivity contribution in [3.05, 3.63) is 36.1 Å². The van der Waals surface area contributed by atoms with Crippen molar-refractivity contribution in [2.75, 3.05) is 19.6 Å². The summed E-state index contributed by atoms with van der Waals surface area (Å²) in [5.74, 6) is 0.159. The first kappa shape index (κ1) is 15.8. The van der Waals surface area contributed by atoms with Crippen LogP contribution in [0.15, 0.2) is 34.9 Å². The zero-order chi connectivity index (χ0) is 15.1. The van der Waals surface area contributed by atoms with E-state index in [0.717, 1.165) is 49.7 Å². The first-order valence-corrected chi connectivity index (χ1v) is 7.98. The molecule has 0 aliphatic rings. The standard InChI is InChI=1S/C18H25NO2/c1-3-5-11-19(12-6-4-2)13-17(20)16-14-21-18-10-8-7-9-15(16)18/h7-10,14H,3-6,11-13H2,1-2H3. The third-order valence-electron chi connectivity index (χ3n) is 3.80. The maximum atomic E-state index is 12.6. The molecular weight excluding hydrogens is 262 g/mol. The summed E-state index contributed by atoms with van der Waals surface area (Å²) >= 11 is 0. The van der Waals surface area contributed by atoms with Gasteiger partial charge in [-0.2, -0.15) is 0 Å². The molecule has 0 N–H and O–H groups in total. The molecule has 114 valence electrons. The quantitative estimate of drug-likeness (QED) is 0.636. The van der Waals surface area contributed by atoms with Gasteiger partial charge in [0, 0.05) is 5.39 Å². The Bertz CT molecular complexity index is 565. The van der Waals surface area contributed by atoms with Gasteiger partial charge in [0.2, 0.25) is 0 Å². The Morgan fingerprint density at radius 3 is 2.43 bits per heavy atom. The van der Waals surface area contributed by atoms with Gasteiger partial charge in [0.1, 0.15) is 11.8 Å². The number of fused-ring (bicyclic) bond motifs is 1. The Hall–Kier alpha value is -1.61. The summed E-state index contributed by atoms with van der Waals surface area (Å²) in [4.78, 5) is 14.8. The van der Waals surface area contributed by atoms with E-state index in [1.54, 1.807) is 6.26 Å². The van der Waals surface area contributed by atoms with E-state index in [0.29, 0.717) is 12.1 Å². The third kappa shape index (κ3) is 4.18. The lowest BCUT2D eigenvalue weighted by molar-refractivity contribution is 0.0929. The lowest BCUT2D eigenvalue weighted by Crippen LogP contribution is -2.31. The van der Waals surface area contributed by atoms with Crippen LogP contribution in [0.5, 0.6) is 0 Å². The van der Waals surface area contributed by atoms with E-state index < -0.39 is 0 Å². The zero-order valence-electron chi connectivity index (χ0n) is 13.1.